The molecule has 0 bridgehead atoms. The molecule has 1 aliphatic heterocycles. The maximum absolute atomic E-state index is 6.26. The van der Waals surface area contributed by atoms with Gasteiger partial charge in [0.25, 0.3) is 0 Å². The van der Waals surface area contributed by atoms with Crippen LogP contribution in [0.5, 0.6) is 0 Å². The van der Waals surface area contributed by atoms with Crippen LogP contribution >= 0.6 is 0 Å². The fourth-order valence-corrected chi connectivity index (χ4v) is 2.85. The number of hydrogen-bond donors (Lipinski definition) is 1. The second-order valence-corrected chi connectivity index (χ2v) is 5.14. The first-order valence-electron chi connectivity index (χ1n) is 6.85. The molecule has 1 heterocycles. The van der Waals surface area contributed by atoms with Gasteiger partial charge in [0.15, 0.2) is 0 Å². The molecule has 0 aromatic heterocycles. The molecule has 0 saturated heterocycles. The molecular weight excluding hydrogens is 208 g/mol. The third kappa shape index (κ3) is 2.63. The van der Waals surface area contributed by atoms with E-state index in [4.69, 9.17) is 5.73 Å². The molecule has 2 rings (SSSR count). The van der Waals surface area contributed by atoms with Crippen molar-refractivity contribution in [2.45, 2.75) is 51.6 Å². The number of nitrogens with zero attached hydrogens (tertiary/aromatic N) is 1. The Balaban J connectivity index is 2.31. The summed E-state index contributed by atoms with van der Waals surface area (Å²) in [4.78, 5) is 2.55. The Hall–Kier alpha value is -1.02. The molecule has 1 aliphatic rings. The van der Waals surface area contributed by atoms with Gasteiger partial charge in [0.1, 0.15) is 0 Å². The van der Waals surface area contributed by atoms with E-state index < -0.39 is 0 Å². The zero-order chi connectivity index (χ0) is 12.3. The van der Waals surface area contributed by atoms with Crippen molar-refractivity contribution in [3.63, 3.8) is 0 Å². The molecule has 0 saturated carbocycles. The van der Waals surface area contributed by atoms with E-state index in [-0.39, 0.29) is 6.04 Å². The first-order valence-corrected chi connectivity index (χ1v) is 6.85. The van der Waals surface area contributed by atoms with E-state index in [2.05, 4.69) is 43.0 Å². The zero-order valence-electron chi connectivity index (χ0n) is 11.0. The van der Waals surface area contributed by atoms with Crippen molar-refractivity contribution in [3.05, 3.63) is 29.8 Å². The van der Waals surface area contributed by atoms with Crippen molar-refractivity contribution in [3.8, 4) is 0 Å². The third-order valence-corrected chi connectivity index (χ3v) is 3.80. The van der Waals surface area contributed by atoms with Crippen molar-refractivity contribution in [2.24, 2.45) is 5.73 Å². The predicted molar refractivity (Wildman–Crippen MR) is 74.3 cm³/mol. The molecule has 94 valence electrons. The number of benzene rings is 1. The van der Waals surface area contributed by atoms with Gasteiger partial charge < -0.3 is 10.6 Å². The van der Waals surface area contributed by atoms with Gasteiger partial charge in [-0.1, -0.05) is 31.5 Å². The van der Waals surface area contributed by atoms with Gasteiger partial charge in [0.2, 0.25) is 0 Å². The second-order valence-electron chi connectivity index (χ2n) is 5.14. The lowest BCUT2D eigenvalue weighted by Crippen LogP contribution is -2.33. The Morgan fingerprint density at radius 1 is 1.41 bits per heavy atom. The van der Waals surface area contributed by atoms with Crippen LogP contribution < -0.4 is 10.6 Å². The highest BCUT2D eigenvalue weighted by Gasteiger charge is 2.22. The van der Waals surface area contributed by atoms with Gasteiger partial charge in [-0.3, -0.25) is 0 Å². The summed E-state index contributed by atoms with van der Waals surface area (Å²) < 4.78 is 0. The monoisotopic (exact) mass is 232 g/mol. The molecular formula is C15H24N2. The highest BCUT2D eigenvalue weighted by molar-refractivity contribution is 5.56. The van der Waals surface area contributed by atoms with Crippen LogP contribution in [0, 0.1) is 0 Å². The van der Waals surface area contributed by atoms with E-state index in [9.17, 15) is 0 Å². The molecule has 2 nitrogen and oxygen atoms in total. The number of anilines is 1. The van der Waals surface area contributed by atoms with E-state index in [1.807, 2.05) is 0 Å². The largest absolute Gasteiger partial charge is 0.369 e. The summed E-state index contributed by atoms with van der Waals surface area (Å²) in [5, 5.41) is 0. The van der Waals surface area contributed by atoms with Gasteiger partial charge in [-0.05, 0) is 37.8 Å². The lowest BCUT2D eigenvalue weighted by atomic mass is 10.0. The van der Waals surface area contributed by atoms with Crippen LogP contribution in [-0.2, 0) is 0 Å². The summed E-state index contributed by atoms with van der Waals surface area (Å²) >= 11 is 0. The average Bonchev–Trinajstić information content (AvgIpc) is 2.50. The molecule has 2 N–H and O–H groups in total. The first-order chi connectivity index (χ1) is 8.24. The van der Waals surface area contributed by atoms with Crippen LogP contribution in [0.4, 0.5) is 5.69 Å². The zero-order valence-corrected chi connectivity index (χ0v) is 11.0. The highest BCUT2D eigenvalue weighted by atomic mass is 15.2. The SMILES string of the molecule is CCCC(C)N1CCCC(N)c2ccccc21. The Kier molecular flexibility index (Phi) is 4.06. The normalized spacial score (nSPS) is 21.8. The van der Waals surface area contributed by atoms with Gasteiger partial charge in [-0.2, -0.15) is 0 Å². The molecule has 0 fully saturated rings. The van der Waals surface area contributed by atoms with E-state index >= 15 is 0 Å². The molecule has 2 unspecified atom stereocenters. The molecule has 2 atom stereocenters. The van der Waals surface area contributed by atoms with E-state index in [1.54, 1.807) is 0 Å². The van der Waals surface area contributed by atoms with Gasteiger partial charge in [0, 0.05) is 24.3 Å². The maximum Gasteiger partial charge on any atom is 0.0417 e. The van der Waals surface area contributed by atoms with Crippen LogP contribution in [0.2, 0.25) is 0 Å². The number of fused-ring (bicyclic) bond motifs is 1. The lowest BCUT2D eigenvalue weighted by molar-refractivity contribution is 0.561. The van der Waals surface area contributed by atoms with Gasteiger partial charge >= 0.3 is 0 Å². The Morgan fingerprint density at radius 2 is 2.18 bits per heavy atom. The fraction of sp³-hybridized carbons (Fsp3) is 0.600. The minimum Gasteiger partial charge on any atom is -0.369 e. The topological polar surface area (TPSA) is 29.3 Å². The Morgan fingerprint density at radius 3 is 2.94 bits per heavy atom. The van der Waals surface area contributed by atoms with Crippen molar-refractivity contribution in [2.75, 3.05) is 11.4 Å². The van der Waals surface area contributed by atoms with Crippen LogP contribution in [0.3, 0.4) is 0 Å². The molecule has 1 aromatic carbocycles. The minimum atomic E-state index is 0.213. The smallest absolute Gasteiger partial charge is 0.0417 e. The minimum absolute atomic E-state index is 0.213. The number of rotatable bonds is 3. The van der Waals surface area contributed by atoms with E-state index in [1.165, 1.54) is 30.5 Å². The quantitative estimate of drug-likeness (QED) is 0.864. The van der Waals surface area contributed by atoms with Gasteiger partial charge in [-0.15, -0.1) is 0 Å². The summed E-state index contributed by atoms with van der Waals surface area (Å²) in [6.45, 7) is 5.73. The number of para-hydroxylation sites is 1. The summed E-state index contributed by atoms with van der Waals surface area (Å²) in [7, 11) is 0. The maximum atomic E-state index is 6.26. The number of hydrogen-bond acceptors (Lipinski definition) is 2. The molecule has 0 radical (unpaired) electrons. The summed E-state index contributed by atoms with van der Waals surface area (Å²) in [6, 6.07) is 9.48. The average molecular weight is 232 g/mol. The number of nitrogens with two attached hydrogens (primary N) is 1. The van der Waals surface area contributed by atoms with Crippen LogP contribution in [0.1, 0.15) is 51.1 Å². The predicted octanol–water partition coefficient (Wildman–Crippen LogP) is 3.48. The van der Waals surface area contributed by atoms with Gasteiger partial charge in [0.05, 0.1) is 0 Å². The second kappa shape index (κ2) is 5.54. The Bertz CT molecular complexity index is 362. The highest BCUT2D eigenvalue weighted by Crippen LogP contribution is 2.33. The van der Waals surface area contributed by atoms with Gasteiger partial charge in [-0.25, -0.2) is 0 Å². The van der Waals surface area contributed by atoms with Crippen LogP contribution in [-0.4, -0.2) is 12.6 Å². The first kappa shape index (κ1) is 12.4. The van der Waals surface area contributed by atoms with E-state index in [0.29, 0.717) is 6.04 Å². The molecule has 0 amide bonds. The molecule has 17 heavy (non-hydrogen) atoms. The van der Waals surface area contributed by atoms with E-state index in [0.717, 1.165) is 13.0 Å². The standard InChI is InChI=1S/C15H24N2/c1-3-7-12(2)17-11-6-9-14(16)13-8-4-5-10-15(13)17/h4-5,8,10,12,14H,3,6-7,9,11,16H2,1-2H3. The molecule has 2 heteroatoms. The molecule has 1 aromatic rings. The molecule has 0 aliphatic carbocycles. The van der Waals surface area contributed by atoms with Crippen LogP contribution in [0.25, 0.3) is 0 Å². The summed E-state index contributed by atoms with van der Waals surface area (Å²) in [5.41, 5.74) is 8.94. The summed E-state index contributed by atoms with van der Waals surface area (Å²) in [5.74, 6) is 0. The van der Waals surface area contributed by atoms with Crippen molar-refractivity contribution in [1.29, 1.82) is 0 Å². The van der Waals surface area contributed by atoms with Crippen molar-refractivity contribution >= 4 is 5.69 Å². The fourth-order valence-electron chi connectivity index (χ4n) is 2.85. The van der Waals surface area contributed by atoms with Crippen molar-refractivity contribution < 1.29 is 0 Å². The Labute approximate surface area is 105 Å². The van der Waals surface area contributed by atoms with Crippen molar-refractivity contribution in [1.82, 2.24) is 0 Å². The molecule has 0 spiro atoms. The third-order valence-electron chi connectivity index (χ3n) is 3.80. The summed E-state index contributed by atoms with van der Waals surface area (Å²) in [6.07, 6.45) is 4.80. The lowest BCUT2D eigenvalue weighted by Gasteiger charge is -2.31. The van der Waals surface area contributed by atoms with Crippen LogP contribution in [0.15, 0.2) is 24.3 Å².